The smallest absolute Gasteiger partial charge is 0.251 e. The molecule has 0 spiro atoms. The van der Waals surface area contributed by atoms with E-state index < -0.39 is 0 Å². The Labute approximate surface area is 125 Å². The lowest BCUT2D eigenvalue weighted by Crippen LogP contribution is -2.27. The number of benzene rings is 1. The molecule has 20 heavy (non-hydrogen) atoms. The van der Waals surface area contributed by atoms with Crippen molar-refractivity contribution in [2.24, 2.45) is 11.7 Å². The van der Waals surface area contributed by atoms with Gasteiger partial charge in [-0.1, -0.05) is 13.8 Å². The number of hydrogen-bond donors (Lipinski definition) is 3. The molecule has 6 heteroatoms. The molecule has 1 aromatic carbocycles. The summed E-state index contributed by atoms with van der Waals surface area (Å²) in [6.07, 6.45) is 0. The van der Waals surface area contributed by atoms with Gasteiger partial charge in [0, 0.05) is 17.8 Å². The number of amides is 2. The summed E-state index contributed by atoms with van der Waals surface area (Å²) in [5.41, 5.74) is 7.34. The molecule has 0 aliphatic carbocycles. The number of halogens is 1. The number of anilines is 1. The molecule has 0 saturated carbocycles. The van der Waals surface area contributed by atoms with Gasteiger partial charge in [-0.15, -0.1) is 12.4 Å². The van der Waals surface area contributed by atoms with Crippen LogP contribution in [0.15, 0.2) is 18.2 Å². The molecule has 1 rings (SSSR count). The Morgan fingerprint density at radius 1 is 1.30 bits per heavy atom. The molecule has 112 valence electrons. The summed E-state index contributed by atoms with van der Waals surface area (Å²) in [5, 5.41) is 5.53. The van der Waals surface area contributed by atoms with Crippen LogP contribution in [0.3, 0.4) is 0 Å². The lowest BCUT2D eigenvalue weighted by atomic mass is 10.1. The molecule has 0 aliphatic rings. The van der Waals surface area contributed by atoms with Gasteiger partial charge in [0.25, 0.3) is 5.91 Å². The molecule has 2 amide bonds. The van der Waals surface area contributed by atoms with Crippen LogP contribution in [0, 0.1) is 12.8 Å². The first kappa shape index (κ1) is 18.4. The first-order valence-electron chi connectivity index (χ1n) is 6.32. The third kappa shape index (κ3) is 5.59. The van der Waals surface area contributed by atoms with Crippen LogP contribution >= 0.6 is 12.4 Å². The van der Waals surface area contributed by atoms with Gasteiger partial charge in [0.1, 0.15) is 0 Å². The van der Waals surface area contributed by atoms with Crippen LogP contribution in [-0.4, -0.2) is 24.9 Å². The van der Waals surface area contributed by atoms with Gasteiger partial charge in [0.2, 0.25) is 5.91 Å². The van der Waals surface area contributed by atoms with Gasteiger partial charge in [-0.05, 0) is 36.6 Å². The van der Waals surface area contributed by atoms with Crippen molar-refractivity contribution >= 4 is 29.9 Å². The highest BCUT2D eigenvalue weighted by Gasteiger charge is 2.09. The highest BCUT2D eigenvalue weighted by molar-refractivity contribution is 5.96. The van der Waals surface area contributed by atoms with Crippen molar-refractivity contribution in [2.75, 3.05) is 18.4 Å². The number of rotatable bonds is 5. The molecule has 0 atom stereocenters. The van der Waals surface area contributed by atoms with Gasteiger partial charge in [0.15, 0.2) is 0 Å². The fourth-order valence-corrected chi connectivity index (χ4v) is 1.55. The van der Waals surface area contributed by atoms with Crippen LogP contribution in [0.4, 0.5) is 5.69 Å². The Kier molecular flexibility index (Phi) is 7.87. The summed E-state index contributed by atoms with van der Waals surface area (Å²) >= 11 is 0. The molecule has 0 aliphatic heterocycles. The minimum absolute atomic E-state index is 0. The Hall–Kier alpha value is -1.59. The average molecular weight is 300 g/mol. The van der Waals surface area contributed by atoms with E-state index in [-0.39, 0.29) is 30.8 Å². The molecule has 0 aromatic heterocycles. The summed E-state index contributed by atoms with van der Waals surface area (Å²) in [7, 11) is 0. The maximum Gasteiger partial charge on any atom is 0.251 e. The Bertz CT molecular complexity index is 475. The SMILES string of the molecule is Cc1cc(C(=O)NCC(C)C)ccc1NC(=O)CN.Cl. The van der Waals surface area contributed by atoms with Gasteiger partial charge in [-0.2, -0.15) is 0 Å². The zero-order valence-electron chi connectivity index (χ0n) is 12.0. The van der Waals surface area contributed by atoms with Crippen LogP contribution in [0.1, 0.15) is 29.8 Å². The lowest BCUT2D eigenvalue weighted by Gasteiger charge is -2.11. The van der Waals surface area contributed by atoms with Crippen LogP contribution < -0.4 is 16.4 Å². The van der Waals surface area contributed by atoms with E-state index in [1.54, 1.807) is 18.2 Å². The second-order valence-corrected chi connectivity index (χ2v) is 4.89. The van der Waals surface area contributed by atoms with E-state index in [1.165, 1.54) is 0 Å². The third-order valence-electron chi connectivity index (χ3n) is 2.62. The minimum Gasteiger partial charge on any atom is -0.352 e. The first-order chi connectivity index (χ1) is 8.93. The van der Waals surface area contributed by atoms with Crippen molar-refractivity contribution in [1.82, 2.24) is 5.32 Å². The molecule has 4 N–H and O–H groups in total. The Morgan fingerprint density at radius 2 is 1.95 bits per heavy atom. The van der Waals surface area contributed by atoms with Crippen LogP contribution in [0.5, 0.6) is 0 Å². The highest BCUT2D eigenvalue weighted by atomic mass is 35.5. The van der Waals surface area contributed by atoms with Gasteiger partial charge in [0.05, 0.1) is 6.54 Å². The van der Waals surface area contributed by atoms with Crippen LogP contribution in [0.2, 0.25) is 0 Å². The zero-order chi connectivity index (χ0) is 14.4. The largest absolute Gasteiger partial charge is 0.352 e. The van der Waals surface area contributed by atoms with Crippen molar-refractivity contribution in [1.29, 1.82) is 0 Å². The summed E-state index contributed by atoms with van der Waals surface area (Å²) in [5.74, 6) is 0.0572. The maximum atomic E-state index is 11.9. The number of hydrogen-bond acceptors (Lipinski definition) is 3. The van der Waals surface area contributed by atoms with Gasteiger partial charge in [-0.3, -0.25) is 9.59 Å². The first-order valence-corrected chi connectivity index (χ1v) is 6.32. The monoisotopic (exact) mass is 299 g/mol. The molecule has 0 unspecified atom stereocenters. The second kappa shape index (κ2) is 8.55. The van der Waals surface area contributed by atoms with E-state index >= 15 is 0 Å². The molecule has 0 bridgehead atoms. The van der Waals surface area contributed by atoms with Crippen molar-refractivity contribution in [3.8, 4) is 0 Å². The number of carbonyl (C=O) groups excluding carboxylic acids is 2. The predicted molar refractivity (Wildman–Crippen MR) is 83.3 cm³/mol. The van der Waals surface area contributed by atoms with E-state index in [0.29, 0.717) is 23.7 Å². The number of nitrogens with one attached hydrogen (secondary N) is 2. The molecule has 0 fully saturated rings. The molecule has 5 nitrogen and oxygen atoms in total. The quantitative estimate of drug-likeness (QED) is 0.773. The average Bonchev–Trinajstić information content (AvgIpc) is 2.37. The zero-order valence-corrected chi connectivity index (χ0v) is 12.8. The van der Waals surface area contributed by atoms with Crippen LogP contribution in [-0.2, 0) is 4.79 Å². The summed E-state index contributed by atoms with van der Waals surface area (Å²) in [6.45, 7) is 6.50. The molecule has 1 aromatic rings. The van der Waals surface area contributed by atoms with Gasteiger partial charge >= 0.3 is 0 Å². The van der Waals surface area contributed by atoms with Crippen molar-refractivity contribution in [2.45, 2.75) is 20.8 Å². The van der Waals surface area contributed by atoms with Crippen LogP contribution in [0.25, 0.3) is 0 Å². The molecular formula is C14H22ClN3O2. The topological polar surface area (TPSA) is 84.2 Å². The Morgan fingerprint density at radius 3 is 2.45 bits per heavy atom. The summed E-state index contributed by atoms with van der Waals surface area (Å²) < 4.78 is 0. The molecular weight excluding hydrogens is 278 g/mol. The molecule has 0 radical (unpaired) electrons. The summed E-state index contributed by atoms with van der Waals surface area (Å²) in [4.78, 5) is 23.1. The standard InChI is InChI=1S/C14H21N3O2.ClH/c1-9(2)8-16-14(19)11-4-5-12(10(3)6-11)17-13(18)7-15;/h4-6,9H,7-8,15H2,1-3H3,(H,16,19)(H,17,18);1H. The fraction of sp³-hybridized carbons (Fsp3) is 0.429. The van der Waals surface area contributed by atoms with E-state index in [0.717, 1.165) is 5.56 Å². The van der Waals surface area contributed by atoms with E-state index in [1.807, 2.05) is 20.8 Å². The lowest BCUT2D eigenvalue weighted by molar-refractivity contribution is -0.114. The number of carbonyl (C=O) groups is 2. The predicted octanol–water partition coefficient (Wildman–Crippen LogP) is 1.70. The minimum atomic E-state index is -0.250. The summed E-state index contributed by atoms with van der Waals surface area (Å²) in [6, 6.07) is 5.16. The fourth-order valence-electron chi connectivity index (χ4n) is 1.55. The maximum absolute atomic E-state index is 11.9. The Balaban J connectivity index is 0.00000361. The van der Waals surface area contributed by atoms with Gasteiger partial charge < -0.3 is 16.4 Å². The third-order valence-corrected chi connectivity index (χ3v) is 2.62. The van der Waals surface area contributed by atoms with E-state index in [4.69, 9.17) is 5.73 Å². The normalized spacial score (nSPS) is 9.85. The van der Waals surface area contributed by atoms with Crippen molar-refractivity contribution in [3.63, 3.8) is 0 Å². The van der Waals surface area contributed by atoms with Gasteiger partial charge in [-0.25, -0.2) is 0 Å². The van der Waals surface area contributed by atoms with Crippen molar-refractivity contribution < 1.29 is 9.59 Å². The van der Waals surface area contributed by atoms with E-state index in [9.17, 15) is 9.59 Å². The van der Waals surface area contributed by atoms with E-state index in [2.05, 4.69) is 10.6 Å². The molecule has 0 heterocycles. The second-order valence-electron chi connectivity index (χ2n) is 4.89. The molecule has 0 saturated heterocycles. The highest BCUT2D eigenvalue weighted by Crippen LogP contribution is 2.16. The van der Waals surface area contributed by atoms with Crippen molar-refractivity contribution in [3.05, 3.63) is 29.3 Å². The number of aryl methyl sites for hydroxylation is 1. The number of nitrogens with two attached hydrogens (primary N) is 1.